The van der Waals surface area contributed by atoms with E-state index in [0.717, 1.165) is 64.8 Å². The van der Waals surface area contributed by atoms with Gasteiger partial charge in [-0.15, -0.1) is 0 Å². The summed E-state index contributed by atoms with van der Waals surface area (Å²) < 4.78 is 11.0. The van der Waals surface area contributed by atoms with Crippen molar-refractivity contribution in [2.75, 3.05) is 52.4 Å². The van der Waals surface area contributed by atoms with Gasteiger partial charge in [0.05, 0.1) is 25.8 Å². The fourth-order valence-electron chi connectivity index (χ4n) is 3.38. The largest absolute Gasteiger partial charge is 0.374 e. The molecule has 1 unspecified atom stereocenters. The SMILES string of the molecule is CC(C)N1CCOC(CN2CCN(Cc3noc(CN)n3)CC2)C1. The molecule has 2 aliphatic rings. The lowest BCUT2D eigenvalue weighted by atomic mass is 10.2. The van der Waals surface area contributed by atoms with Crippen molar-refractivity contribution < 1.29 is 9.26 Å². The lowest BCUT2D eigenvalue weighted by molar-refractivity contribution is -0.0566. The number of morpholine rings is 1. The Morgan fingerprint density at radius 1 is 1.17 bits per heavy atom. The van der Waals surface area contributed by atoms with Gasteiger partial charge < -0.3 is 15.0 Å². The van der Waals surface area contributed by atoms with Crippen LogP contribution in [0.5, 0.6) is 0 Å². The minimum Gasteiger partial charge on any atom is -0.374 e. The lowest BCUT2D eigenvalue weighted by Crippen LogP contribution is -2.53. The molecule has 1 aromatic heterocycles. The van der Waals surface area contributed by atoms with Gasteiger partial charge in [0.25, 0.3) is 0 Å². The minimum absolute atomic E-state index is 0.301. The first-order valence-corrected chi connectivity index (χ1v) is 8.96. The minimum atomic E-state index is 0.301. The summed E-state index contributed by atoms with van der Waals surface area (Å²) in [5.74, 6) is 1.24. The van der Waals surface area contributed by atoms with Gasteiger partial charge in [-0.3, -0.25) is 14.7 Å². The van der Waals surface area contributed by atoms with E-state index in [0.29, 0.717) is 24.6 Å². The maximum absolute atomic E-state index is 5.96. The number of hydrogen-bond acceptors (Lipinski definition) is 8. The van der Waals surface area contributed by atoms with Crippen LogP contribution in [0.2, 0.25) is 0 Å². The molecule has 0 saturated carbocycles. The average molecular weight is 338 g/mol. The second-order valence-electron chi connectivity index (χ2n) is 6.97. The molecule has 1 atom stereocenters. The van der Waals surface area contributed by atoms with Gasteiger partial charge in [-0.25, -0.2) is 0 Å². The van der Waals surface area contributed by atoms with Crippen LogP contribution < -0.4 is 5.73 Å². The van der Waals surface area contributed by atoms with Crippen LogP contribution in [0, 0.1) is 0 Å². The van der Waals surface area contributed by atoms with E-state index in [9.17, 15) is 0 Å². The van der Waals surface area contributed by atoms with Gasteiger partial charge in [0, 0.05) is 51.9 Å². The van der Waals surface area contributed by atoms with E-state index < -0.39 is 0 Å². The summed E-state index contributed by atoms with van der Waals surface area (Å²) in [6, 6.07) is 0.599. The first-order valence-electron chi connectivity index (χ1n) is 8.96. The Bertz CT molecular complexity index is 501. The molecule has 2 saturated heterocycles. The molecule has 0 aromatic carbocycles. The summed E-state index contributed by atoms with van der Waals surface area (Å²) in [5.41, 5.74) is 5.50. The summed E-state index contributed by atoms with van der Waals surface area (Å²) in [4.78, 5) is 11.7. The van der Waals surface area contributed by atoms with E-state index in [1.165, 1.54) is 0 Å². The van der Waals surface area contributed by atoms with Crippen molar-refractivity contribution in [3.05, 3.63) is 11.7 Å². The third-order valence-corrected chi connectivity index (χ3v) is 4.88. The molecule has 2 fully saturated rings. The molecular weight excluding hydrogens is 308 g/mol. The molecule has 1 aromatic rings. The molecule has 0 amide bonds. The van der Waals surface area contributed by atoms with Crippen LogP contribution >= 0.6 is 0 Å². The summed E-state index contributed by atoms with van der Waals surface area (Å²) in [5, 5.41) is 3.97. The Hall–Kier alpha value is -1.06. The number of piperazine rings is 1. The Balaban J connectivity index is 1.40. The predicted molar refractivity (Wildman–Crippen MR) is 90.4 cm³/mol. The van der Waals surface area contributed by atoms with Crippen molar-refractivity contribution in [1.82, 2.24) is 24.8 Å². The number of hydrogen-bond donors (Lipinski definition) is 1. The van der Waals surface area contributed by atoms with Crippen LogP contribution in [0.3, 0.4) is 0 Å². The third-order valence-electron chi connectivity index (χ3n) is 4.88. The average Bonchev–Trinajstić information content (AvgIpc) is 3.04. The zero-order chi connectivity index (χ0) is 16.9. The Labute approximate surface area is 143 Å². The van der Waals surface area contributed by atoms with Crippen LogP contribution in [0.25, 0.3) is 0 Å². The zero-order valence-electron chi connectivity index (χ0n) is 14.9. The molecule has 2 N–H and O–H groups in total. The van der Waals surface area contributed by atoms with Crippen molar-refractivity contribution in [3.8, 4) is 0 Å². The highest BCUT2D eigenvalue weighted by Crippen LogP contribution is 2.12. The predicted octanol–water partition coefficient (Wildman–Crippen LogP) is -0.245. The highest BCUT2D eigenvalue weighted by Gasteiger charge is 2.26. The topological polar surface area (TPSA) is 83.9 Å². The standard InChI is InChI=1S/C16H30N6O2/c1-13(2)22-7-8-23-14(11-22)10-20-3-5-21(6-4-20)12-15-18-16(9-17)24-19-15/h13-14H,3-12,17H2,1-2H3. The van der Waals surface area contributed by atoms with E-state index >= 15 is 0 Å². The fraction of sp³-hybridized carbons (Fsp3) is 0.875. The fourth-order valence-corrected chi connectivity index (χ4v) is 3.38. The first-order chi connectivity index (χ1) is 11.6. The molecule has 8 nitrogen and oxygen atoms in total. The molecule has 3 rings (SSSR count). The maximum atomic E-state index is 5.96. The van der Waals surface area contributed by atoms with Crippen LogP contribution in [0.1, 0.15) is 25.6 Å². The van der Waals surface area contributed by atoms with Crippen molar-refractivity contribution in [2.45, 2.75) is 39.1 Å². The molecule has 3 heterocycles. The molecule has 2 aliphatic heterocycles. The van der Waals surface area contributed by atoms with E-state index in [4.69, 9.17) is 15.0 Å². The number of rotatable bonds is 6. The van der Waals surface area contributed by atoms with Gasteiger partial charge in [0.15, 0.2) is 5.82 Å². The van der Waals surface area contributed by atoms with E-state index in [-0.39, 0.29) is 0 Å². The molecule has 0 aliphatic carbocycles. The Morgan fingerprint density at radius 2 is 1.92 bits per heavy atom. The number of nitrogens with zero attached hydrogens (tertiary/aromatic N) is 5. The first kappa shape index (κ1) is 17.8. The van der Waals surface area contributed by atoms with Crippen molar-refractivity contribution in [3.63, 3.8) is 0 Å². The second kappa shape index (κ2) is 8.35. The van der Waals surface area contributed by atoms with Gasteiger partial charge in [-0.1, -0.05) is 5.16 Å². The van der Waals surface area contributed by atoms with Crippen LogP contribution in [-0.4, -0.2) is 89.4 Å². The van der Waals surface area contributed by atoms with Crippen molar-refractivity contribution in [1.29, 1.82) is 0 Å². The van der Waals surface area contributed by atoms with E-state index in [2.05, 4.69) is 38.7 Å². The monoisotopic (exact) mass is 338 g/mol. The summed E-state index contributed by atoms with van der Waals surface area (Å²) in [6.45, 7) is 13.7. The number of nitrogens with two attached hydrogens (primary N) is 1. The van der Waals surface area contributed by atoms with Crippen molar-refractivity contribution in [2.24, 2.45) is 5.73 Å². The Morgan fingerprint density at radius 3 is 2.58 bits per heavy atom. The van der Waals surface area contributed by atoms with Crippen molar-refractivity contribution >= 4 is 0 Å². The molecule has 136 valence electrons. The summed E-state index contributed by atoms with van der Waals surface area (Å²) >= 11 is 0. The normalized spacial score (nSPS) is 24.8. The zero-order valence-corrected chi connectivity index (χ0v) is 14.9. The van der Waals surface area contributed by atoms with Crippen LogP contribution in [0.15, 0.2) is 4.52 Å². The van der Waals surface area contributed by atoms with Gasteiger partial charge >= 0.3 is 0 Å². The highest BCUT2D eigenvalue weighted by atomic mass is 16.5. The van der Waals surface area contributed by atoms with Crippen LogP contribution in [0.4, 0.5) is 0 Å². The summed E-state index contributed by atoms with van der Waals surface area (Å²) in [7, 11) is 0. The molecular formula is C16H30N6O2. The Kier molecular flexibility index (Phi) is 6.18. The van der Waals surface area contributed by atoms with Gasteiger partial charge in [0.1, 0.15) is 0 Å². The number of ether oxygens (including phenoxy) is 1. The van der Waals surface area contributed by atoms with Crippen LogP contribution in [-0.2, 0) is 17.8 Å². The molecule has 8 heteroatoms. The third kappa shape index (κ3) is 4.73. The highest BCUT2D eigenvalue weighted by molar-refractivity contribution is 4.87. The maximum Gasteiger partial charge on any atom is 0.240 e. The molecule has 24 heavy (non-hydrogen) atoms. The number of aromatic nitrogens is 2. The van der Waals surface area contributed by atoms with E-state index in [1.54, 1.807) is 0 Å². The quantitative estimate of drug-likeness (QED) is 0.761. The summed E-state index contributed by atoms with van der Waals surface area (Å²) in [6.07, 6.45) is 0.331. The molecule has 0 spiro atoms. The smallest absolute Gasteiger partial charge is 0.240 e. The van der Waals surface area contributed by atoms with Gasteiger partial charge in [0.2, 0.25) is 5.89 Å². The van der Waals surface area contributed by atoms with E-state index in [1.807, 2.05) is 0 Å². The van der Waals surface area contributed by atoms with Gasteiger partial charge in [-0.2, -0.15) is 4.98 Å². The molecule has 0 radical (unpaired) electrons. The van der Waals surface area contributed by atoms with Gasteiger partial charge in [-0.05, 0) is 13.8 Å². The molecule has 0 bridgehead atoms. The lowest BCUT2D eigenvalue weighted by Gasteiger charge is -2.40. The second-order valence-corrected chi connectivity index (χ2v) is 6.97.